The maximum absolute atomic E-state index is 11.1. The van der Waals surface area contributed by atoms with Crippen LogP contribution >= 0.6 is 0 Å². The average molecular weight is 256 g/mol. The molecule has 0 saturated heterocycles. The van der Waals surface area contributed by atoms with Gasteiger partial charge in [0.1, 0.15) is 0 Å². The van der Waals surface area contributed by atoms with Crippen LogP contribution in [-0.4, -0.2) is 24.4 Å². The number of hydrogen-bond acceptors (Lipinski definition) is 4. The highest BCUT2D eigenvalue weighted by Crippen LogP contribution is 2.02. The summed E-state index contributed by atoms with van der Waals surface area (Å²) in [5, 5.41) is 0. The topological polar surface area (TPSA) is 84.5 Å². The summed E-state index contributed by atoms with van der Waals surface area (Å²) in [6.45, 7) is 5.52. The van der Waals surface area contributed by atoms with Crippen LogP contribution in [0.2, 0.25) is 0 Å². The SMILES string of the molecule is C=CC(=O)NNC(=O)C(=O)OCCCCCCC. The van der Waals surface area contributed by atoms with Gasteiger partial charge < -0.3 is 4.74 Å². The number of carbonyl (C=O) groups is 3. The lowest BCUT2D eigenvalue weighted by atomic mass is 10.2. The van der Waals surface area contributed by atoms with Crippen LogP contribution in [0, 0.1) is 0 Å². The van der Waals surface area contributed by atoms with Crippen molar-refractivity contribution in [1.82, 2.24) is 10.9 Å². The second-order valence-electron chi connectivity index (χ2n) is 3.70. The normalized spacial score (nSPS) is 9.39. The van der Waals surface area contributed by atoms with Crippen molar-refractivity contribution in [1.29, 1.82) is 0 Å². The lowest BCUT2D eigenvalue weighted by Crippen LogP contribution is -2.44. The molecule has 0 unspecified atom stereocenters. The summed E-state index contributed by atoms with van der Waals surface area (Å²) in [5.41, 5.74) is 3.88. The molecule has 0 aliphatic rings. The molecule has 0 spiro atoms. The minimum absolute atomic E-state index is 0.214. The standard InChI is InChI=1S/C12H20N2O4/c1-3-5-6-7-8-9-18-12(17)11(16)14-13-10(15)4-2/h4H,2-3,5-9H2,1H3,(H,13,15)(H,14,16). The van der Waals surface area contributed by atoms with E-state index in [1.807, 2.05) is 10.9 Å². The van der Waals surface area contributed by atoms with Crippen molar-refractivity contribution in [3.05, 3.63) is 12.7 Å². The number of rotatable bonds is 7. The zero-order chi connectivity index (χ0) is 13.8. The number of unbranched alkanes of at least 4 members (excludes halogenated alkanes) is 4. The average Bonchev–Trinajstić information content (AvgIpc) is 2.39. The minimum Gasteiger partial charge on any atom is -0.459 e. The molecular formula is C12H20N2O4. The number of carbonyl (C=O) groups excluding carboxylic acids is 3. The molecule has 0 radical (unpaired) electrons. The van der Waals surface area contributed by atoms with Gasteiger partial charge in [-0.15, -0.1) is 0 Å². The largest absolute Gasteiger partial charge is 0.459 e. The second kappa shape index (κ2) is 10.3. The summed E-state index contributed by atoms with van der Waals surface area (Å²) < 4.78 is 4.72. The molecule has 0 aromatic heterocycles. The van der Waals surface area contributed by atoms with E-state index in [0.717, 1.165) is 38.2 Å². The number of nitrogens with one attached hydrogen (secondary N) is 2. The van der Waals surface area contributed by atoms with E-state index < -0.39 is 17.8 Å². The summed E-state index contributed by atoms with van der Waals surface area (Å²) in [6.07, 6.45) is 6.07. The van der Waals surface area contributed by atoms with E-state index in [0.29, 0.717) is 0 Å². The summed E-state index contributed by atoms with van der Waals surface area (Å²) in [5.74, 6) is -2.61. The van der Waals surface area contributed by atoms with Crippen LogP contribution in [0.4, 0.5) is 0 Å². The highest BCUT2D eigenvalue weighted by atomic mass is 16.5. The van der Waals surface area contributed by atoms with Gasteiger partial charge in [0, 0.05) is 0 Å². The van der Waals surface area contributed by atoms with E-state index in [1.165, 1.54) is 0 Å². The third kappa shape index (κ3) is 8.32. The van der Waals surface area contributed by atoms with E-state index in [1.54, 1.807) is 0 Å². The van der Waals surface area contributed by atoms with Crippen molar-refractivity contribution in [2.75, 3.05) is 6.61 Å². The first-order valence-corrected chi connectivity index (χ1v) is 6.01. The predicted molar refractivity (Wildman–Crippen MR) is 66.2 cm³/mol. The van der Waals surface area contributed by atoms with Gasteiger partial charge in [0.2, 0.25) is 0 Å². The molecule has 0 saturated carbocycles. The minimum atomic E-state index is -1.00. The first-order chi connectivity index (χ1) is 8.61. The highest BCUT2D eigenvalue weighted by molar-refractivity contribution is 6.32. The van der Waals surface area contributed by atoms with E-state index in [9.17, 15) is 14.4 Å². The first kappa shape index (κ1) is 16.1. The fourth-order valence-corrected chi connectivity index (χ4v) is 1.16. The Hall–Kier alpha value is -1.85. The number of esters is 1. The zero-order valence-electron chi connectivity index (χ0n) is 10.7. The molecule has 0 bridgehead atoms. The Bertz CT molecular complexity index is 302. The van der Waals surface area contributed by atoms with Crippen LogP contribution in [0.1, 0.15) is 39.0 Å². The molecule has 0 aromatic carbocycles. The van der Waals surface area contributed by atoms with E-state index in [2.05, 4.69) is 13.5 Å². The van der Waals surface area contributed by atoms with Crippen molar-refractivity contribution in [3.8, 4) is 0 Å². The van der Waals surface area contributed by atoms with Gasteiger partial charge >= 0.3 is 11.9 Å². The third-order valence-corrected chi connectivity index (χ3v) is 2.15. The number of hydrogen-bond donors (Lipinski definition) is 2. The smallest absolute Gasteiger partial charge is 0.398 e. The van der Waals surface area contributed by atoms with Gasteiger partial charge in [-0.2, -0.15) is 0 Å². The van der Waals surface area contributed by atoms with Crippen LogP contribution in [0.25, 0.3) is 0 Å². The zero-order valence-corrected chi connectivity index (χ0v) is 10.7. The van der Waals surface area contributed by atoms with E-state index in [-0.39, 0.29) is 6.61 Å². The lowest BCUT2D eigenvalue weighted by Gasteiger charge is -2.05. The number of hydrazine groups is 1. The van der Waals surface area contributed by atoms with Crippen LogP contribution in [0.15, 0.2) is 12.7 Å². The molecule has 102 valence electrons. The van der Waals surface area contributed by atoms with Crippen molar-refractivity contribution in [2.24, 2.45) is 0 Å². The van der Waals surface area contributed by atoms with Gasteiger partial charge in [-0.3, -0.25) is 20.4 Å². The molecule has 18 heavy (non-hydrogen) atoms. The summed E-state index contributed by atoms with van der Waals surface area (Å²) in [7, 11) is 0. The van der Waals surface area contributed by atoms with Crippen molar-refractivity contribution >= 4 is 17.8 Å². The van der Waals surface area contributed by atoms with Crippen LogP contribution in [0.3, 0.4) is 0 Å². The molecule has 6 heteroatoms. The summed E-state index contributed by atoms with van der Waals surface area (Å²) >= 11 is 0. The Kier molecular flexibility index (Phi) is 9.25. The van der Waals surface area contributed by atoms with Gasteiger partial charge in [0.05, 0.1) is 6.61 Å². The van der Waals surface area contributed by atoms with E-state index >= 15 is 0 Å². The predicted octanol–water partition coefficient (Wildman–Crippen LogP) is 0.833. The Labute approximate surface area is 107 Å². The molecule has 0 aromatic rings. The van der Waals surface area contributed by atoms with Crippen molar-refractivity contribution < 1.29 is 19.1 Å². The molecule has 0 aliphatic heterocycles. The Morgan fingerprint density at radius 1 is 1.11 bits per heavy atom. The van der Waals surface area contributed by atoms with Crippen molar-refractivity contribution in [2.45, 2.75) is 39.0 Å². The molecule has 0 atom stereocenters. The van der Waals surface area contributed by atoms with Gasteiger partial charge in [0.15, 0.2) is 0 Å². The van der Waals surface area contributed by atoms with Crippen LogP contribution in [0.5, 0.6) is 0 Å². The number of ether oxygens (including phenoxy) is 1. The maximum Gasteiger partial charge on any atom is 0.398 e. The Morgan fingerprint density at radius 2 is 1.78 bits per heavy atom. The Balaban J connectivity index is 3.59. The molecule has 0 fully saturated rings. The molecule has 0 heterocycles. The van der Waals surface area contributed by atoms with Gasteiger partial charge in [0.25, 0.3) is 5.91 Å². The van der Waals surface area contributed by atoms with Gasteiger partial charge in [-0.05, 0) is 12.5 Å². The van der Waals surface area contributed by atoms with Crippen LogP contribution < -0.4 is 10.9 Å². The van der Waals surface area contributed by atoms with E-state index in [4.69, 9.17) is 4.74 Å². The van der Waals surface area contributed by atoms with Crippen molar-refractivity contribution in [3.63, 3.8) is 0 Å². The van der Waals surface area contributed by atoms with Gasteiger partial charge in [-0.25, -0.2) is 4.79 Å². The summed E-state index contributed by atoms with van der Waals surface area (Å²) in [4.78, 5) is 32.9. The highest BCUT2D eigenvalue weighted by Gasteiger charge is 2.14. The molecule has 2 N–H and O–H groups in total. The molecule has 2 amide bonds. The number of amides is 2. The monoisotopic (exact) mass is 256 g/mol. The Morgan fingerprint density at radius 3 is 2.39 bits per heavy atom. The fraction of sp³-hybridized carbons (Fsp3) is 0.583. The summed E-state index contributed by atoms with van der Waals surface area (Å²) in [6, 6.07) is 0. The third-order valence-electron chi connectivity index (χ3n) is 2.15. The lowest BCUT2D eigenvalue weighted by molar-refractivity contribution is -0.155. The first-order valence-electron chi connectivity index (χ1n) is 6.01. The fourth-order valence-electron chi connectivity index (χ4n) is 1.16. The van der Waals surface area contributed by atoms with Gasteiger partial charge in [-0.1, -0.05) is 39.2 Å². The quantitative estimate of drug-likeness (QED) is 0.232. The molecular weight excluding hydrogens is 236 g/mol. The second-order valence-corrected chi connectivity index (χ2v) is 3.70. The molecule has 0 rings (SSSR count). The maximum atomic E-state index is 11.1. The molecule has 6 nitrogen and oxygen atoms in total. The molecule has 0 aliphatic carbocycles. The van der Waals surface area contributed by atoms with Crippen LogP contribution in [-0.2, 0) is 19.1 Å².